The SMILES string of the molecule is CCc1ccc(Cc2cc(C(=O)OC)ccc2O[C@@H]2S[C@H](COC(C)=O)[C@@H](OC(C)=O)[C@H](OC(C)=O)[C@H]2OC(C)=O)cc1. The van der Waals surface area contributed by atoms with E-state index < -0.39 is 58.8 Å². The van der Waals surface area contributed by atoms with Gasteiger partial charge in [0.25, 0.3) is 0 Å². The molecule has 0 aromatic heterocycles. The summed E-state index contributed by atoms with van der Waals surface area (Å²) in [6, 6.07) is 12.8. The molecule has 0 aliphatic carbocycles. The van der Waals surface area contributed by atoms with Gasteiger partial charge in [0.1, 0.15) is 12.4 Å². The molecule has 1 fully saturated rings. The van der Waals surface area contributed by atoms with E-state index in [9.17, 15) is 24.0 Å². The molecular weight excluding hydrogens is 580 g/mol. The predicted molar refractivity (Wildman–Crippen MR) is 155 cm³/mol. The summed E-state index contributed by atoms with van der Waals surface area (Å²) in [4.78, 5) is 60.5. The molecule has 1 aliphatic heterocycles. The second-order valence-corrected chi connectivity index (χ2v) is 11.2. The maximum atomic E-state index is 12.4. The van der Waals surface area contributed by atoms with Crippen LogP contribution >= 0.6 is 11.8 Å². The third-order valence-corrected chi connectivity index (χ3v) is 7.89. The van der Waals surface area contributed by atoms with Gasteiger partial charge in [0.2, 0.25) is 0 Å². The molecule has 1 aliphatic rings. The predicted octanol–water partition coefficient (Wildman–Crippen LogP) is 3.80. The quantitative estimate of drug-likeness (QED) is 0.268. The van der Waals surface area contributed by atoms with E-state index in [-0.39, 0.29) is 6.61 Å². The summed E-state index contributed by atoms with van der Waals surface area (Å²) in [6.45, 7) is 6.63. The molecule has 232 valence electrons. The van der Waals surface area contributed by atoms with Crippen molar-refractivity contribution in [2.24, 2.45) is 0 Å². The zero-order valence-electron chi connectivity index (χ0n) is 24.9. The van der Waals surface area contributed by atoms with Gasteiger partial charge in [-0.25, -0.2) is 4.79 Å². The van der Waals surface area contributed by atoms with Crippen molar-refractivity contribution in [3.63, 3.8) is 0 Å². The highest BCUT2D eigenvalue weighted by molar-refractivity contribution is 8.00. The highest BCUT2D eigenvalue weighted by Crippen LogP contribution is 2.40. The first-order valence-electron chi connectivity index (χ1n) is 13.7. The summed E-state index contributed by atoms with van der Waals surface area (Å²) >= 11 is 1.10. The van der Waals surface area contributed by atoms with Gasteiger partial charge >= 0.3 is 29.8 Å². The Morgan fingerprint density at radius 1 is 0.744 bits per heavy atom. The summed E-state index contributed by atoms with van der Waals surface area (Å²) in [5.41, 5.74) is 2.06. The number of methoxy groups -OCH3 is 1. The third-order valence-electron chi connectivity index (χ3n) is 6.50. The number of hydrogen-bond donors (Lipinski definition) is 0. The lowest BCUT2D eigenvalue weighted by molar-refractivity contribution is -0.190. The number of aryl methyl sites for hydroxylation is 1. The van der Waals surface area contributed by atoms with Crippen LogP contribution in [0, 0.1) is 0 Å². The highest BCUT2D eigenvalue weighted by atomic mass is 32.2. The van der Waals surface area contributed by atoms with Crippen molar-refractivity contribution >= 4 is 41.6 Å². The fourth-order valence-electron chi connectivity index (χ4n) is 4.60. The first kappa shape index (κ1) is 33.4. The lowest BCUT2D eigenvalue weighted by Crippen LogP contribution is -2.59. The first-order valence-corrected chi connectivity index (χ1v) is 14.6. The number of esters is 5. The van der Waals surface area contributed by atoms with Gasteiger partial charge in [-0.2, -0.15) is 0 Å². The highest BCUT2D eigenvalue weighted by Gasteiger charge is 2.53. The second-order valence-electron chi connectivity index (χ2n) is 9.85. The van der Waals surface area contributed by atoms with E-state index in [2.05, 4.69) is 6.92 Å². The topological polar surface area (TPSA) is 141 Å². The van der Waals surface area contributed by atoms with Crippen LogP contribution in [0.25, 0.3) is 0 Å². The second kappa shape index (κ2) is 15.4. The molecule has 0 amide bonds. The Hall–Kier alpha value is -4.06. The van der Waals surface area contributed by atoms with Crippen molar-refractivity contribution in [2.45, 2.75) is 76.5 Å². The van der Waals surface area contributed by atoms with Crippen molar-refractivity contribution in [3.8, 4) is 5.75 Å². The van der Waals surface area contributed by atoms with E-state index in [1.807, 2.05) is 24.3 Å². The molecular formula is C31H36O11S. The molecule has 43 heavy (non-hydrogen) atoms. The van der Waals surface area contributed by atoms with Gasteiger partial charge in [-0.05, 0) is 41.3 Å². The van der Waals surface area contributed by atoms with Crippen molar-refractivity contribution in [1.29, 1.82) is 0 Å². The third kappa shape index (κ3) is 9.47. The zero-order chi connectivity index (χ0) is 31.7. The minimum Gasteiger partial charge on any atom is -0.475 e. The van der Waals surface area contributed by atoms with Crippen molar-refractivity contribution in [2.75, 3.05) is 13.7 Å². The molecule has 5 atom stereocenters. The van der Waals surface area contributed by atoms with Crippen molar-refractivity contribution < 1.29 is 52.4 Å². The molecule has 12 heteroatoms. The standard InChI is InChI=1S/C31H36O11S/c1-7-21-8-10-22(11-9-21)14-24-15-23(30(36)37-6)12-13-25(24)42-31-29(41-20(5)35)28(40-19(4)34)27(39-18(3)33)26(43-31)16-38-17(2)32/h8-13,15,26-29,31H,7,14,16H2,1-6H3/t26-,27-,28+,29-,31-/m1/s1. The van der Waals surface area contributed by atoms with Crippen LogP contribution in [-0.2, 0) is 55.7 Å². The molecule has 1 saturated heterocycles. The van der Waals surface area contributed by atoms with Crippen molar-refractivity contribution in [1.82, 2.24) is 0 Å². The number of rotatable bonds is 11. The summed E-state index contributed by atoms with van der Waals surface area (Å²) in [5, 5.41) is -0.756. The van der Waals surface area contributed by atoms with Crippen LogP contribution in [0.4, 0.5) is 0 Å². The first-order chi connectivity index (χ1) is 20.4. The maximum absolute atomic E-state index is 12.4. The molecule has 2 aromatic rings. The Kier molecular flexibility index (Phi) is 12.0. The summed E-state index contributed by atoms with van der Waals surface area (Å²) in [6.07, 6.45) is -2.36. The molecule has 3 rings (SSSR count). The van der Waals surface area contributed by atoms with E-state index in [4.69, 9.17) is 28.4 Å². The smallest absolute Gasteiger partial charge is 0.337 e. The van der Waals surface area contributed by atoms with Crippen LogP contribution in [0.2, 0.25) is 0 Å². The number of benzene rings is 2. The number of ether oxygens (including phenoxy) is 6. The fourth-order valence-corrected chi connectivity index (χ4v) is 5.98. The van der Waals surface area contributed by atoms with Gasteiger partial charge in [0, 0.05) is 34.1 Å². The monoisotopic (exact) mass is 616 g/mol. The van der Waals surface area contributed by atoms with Crippen LogP contribution < -0.4 is 4.74 Å². The Balaban J connectivity index is 2.07. The molecule has 0 saturated carbocycles. The number of carbonyl (C=O) groups excluding carboxylic acids is 5. The minimum atomic E-state index is -1.28. The summed E-state index contributed by atoms with van der Waals surface area (Å²) in [7, 11) is 1.29. The molecule has 0 N–H and O–H groups in total. The number of hydrogen-bond acceptors (Lipinski definition) is 12. The average Bonchev–Trinajstić information content (AvgIpc) is 2.95. The van der Waals surface area contributed by atoms with Gasteiger partial charge in [-0.1, -0.05) is 31.2 Å². The Morgan fingerprint density at radius 3 is 1.88 bits per heavy atom. The zero-order valence-corrected chi connectivity index (χ0v) is 25.8. The van der Waals surface area contributed by atoms with Gasteiger partial charge < -0.3 is 28.4 Å². The van der Waals surface area contributed by atoms with Gasteiger partial charge in [-0.15, -0.1) is 11.8 Å². The molecule has 11 nitrogen and oxygen atoms in total. The molecule has 0 bridgehead atoms. The van der Waals surface area contributed by atoms with E-state index in [0.717, 1.165) is 23.7 Å². The molecule has 1 heterocycles. The van der Waals surface area contributed by atoms with Gasteiger partial charge in [0.05, 0.1) is 17.9 Å². The van der Waals surface area contributed by atoms with Crippen LogP contribution in [0.3, 0.4) is 0 Å². The van der Waals surface area contributed by atoms with Crippen LogP contribution in [0.5, 0.6) is 5.75 Å². The number of thioether (sulfide) groups is 1. The lowest BCUT2D eigenvalue weighted by atomic mass is 10.00. The summed E-state index contributed by atoms with van der Waals surface area (Å²) < 4.78 is 33.2. The minimum absolute atomic E-state index is 0.208. The molecule has 2 aromatic carbocycles. The molecule has 0 radical (unpaired) electrons. The van der Waals surface area contributed by atoms with Crippen LogP contribution in [-0.4, -0.2) is 72.6 Å². The normalized spacial score (nSPS) is 21.2. The lowest BCUT2D eigenvalue weighted by Gasteiger charge is -2.43. The van der Waals surface area contributed by atoms with E-state index in [1.54, 1.807) is 18.2 Å². The van der Waals surface area contributed by atoms with Crippen LogP contribution in [0.15, 0.2) is 42.5 Å². The van der Waals surface area contributed by atoms with Gasteiger partial charge in [-0.3, -0.25) is 19.2 Å². The number of carbonyl (C=O) groups is 5. The summed E-state index contributed by atoms with van der Waals surface area (Å²) in [5.74, 6) is -2.81. The van der Waals surface area contributed by atoms with E-state index in [0.29, 0.717) is 23.3 Å². The Bertz CT molecular complexity index is 1320. The van der Waals surface area contributed by atoms with Crippen molar-refractivity contribution in [3.05, 3.63) is 64.7 Å². The van der Waals surface area contributed by atoms with E-state index >= 15 is 0 Å². The largest absolute Gasteiger partial charge is 0.475 e. The van der Waals surface area contributed by atoms with Crippen LogP contribution in [0.1, 0.15) is 61.7 Å². The average molecular weight is 617 g/mol. The Labute approximate surface area is 254 Å². The molecule has 0 spiro atoms. The Morgan fingerprint density at radius 2 is 1.33 bits per heavy atom. The maximum Gasteiger partial charge on any atom is 0.337 e. The molecule has 0 unspecified atom stereocenters. The fraction of sp³-hybridized carbons (Fsp3) is 0.452. The van der Waals surface area contributed by atoms with Gasteiger partial charge in [0.15, 0.2) is 23.7 Å². The van der Waals surface area contributed by atoms with E-state index in [1.165, 1.54) is 40.4 Å².